The molecule has 5 aromatic rings. The van der Waals surface area contributed by atoms with Crippen LogP contribution < -0.4 is 14.8 Å². The molecule has 1 aliphatic rings. The third kappa shape index (κ3) is 5.49. The van der Waals surface area contributed by atoms with Gasteiger partial charge in [-0.05, 0) is 44.4 Å². The van der Waals surface area contributed by atoms with E-state index < -0.39 is 0 Å². The van der Waals surface area contributed by atoms with E-state index in [0.29, 0.717) is 53.0 Å². The molecule has 42 heavy (non-hydrogen) atoms. The number of aromatic nitrogens is 6. The fourth-order valence-corrected chi connectivity index (χ4v) is 6.79. The van der Waals surface area contributed by atoms with Crippen LogP contribution in [0.1, 0.15) is 57.1 Å². The minimum Gasteiger partial charge on any atom is -0.493 e. The molecule has 0 spiro atoms. The average molecular weight is 588 g/mol. The Balaban J connectivity index is 1.36. The van der Waals surface area contributed by atoms with Crippen molar-refractivity contribution >= 4 is 45.3 Å². The molecule has 0 aliphatic heterocycles. The highest BCUT2D eigenvalue weighted by Crippen LogP contribution is 2.35. The van der Waals surface area contributed by atoms with Crippen molar-refractivity contribution in [3.8, 4) is 11.5 Å². The summed E-state index contributed by atoms with van der Waals surface area (Å²) >= 11 is 1.44. The third-order valence-corrected chi connectivity index (χ3v) is 9.36. The highest BCUT2D eigenvalue weighted by Gasteiger charge is 2.26. The molecule has 0 radical (unpaired) electrons. The number of hydrogen-bond donors (Lipinski definition) is 1. The number of imidazole rings is 1. The van der Waals surface area contributed by atoms with Crippen LogP contribution in [-0.2, 0) is 17.8 Å². The molecule has 10 nitrogen and oxygen atoms in total. The van der Waals surface area contributed by atoms with Gasteiger partial charge in [-0.3, -0.25) is 4.79 Å². The molecule has 6 rings (SSSR count). The number of carbonyl (C=O) groups excluding carboxylic acids is 1. The molecule has 220 valence electrons. The smallest absolute Gasteiger partial charge is 0.233 e. The first-order valence-corrected chi connectivity index (χ1v) is 15.6. The first kappa shape index (κ1) is 28.3. The van der Waals surface area contributed by atoms with Crippen LogP contribution >= 0.6 is 11.8 Å². The Morgan fingerprint density at radius 1 is 1.05 bits per heavy atom. The first-order chi connectivity index (χ1) is 20.5. The standard InChI is InChI=1S/C31H37N7O3S/c1-5-27(30(39)33-20-11-7-6-8-12-20)42-31-34-23-18-26(41-4)25(40-3)17-21(23)29-35-28(36-38(29)31)15-16-37-19(2)32-22-13-9-10-14-24(22)37/h9-10,13-14,17-18,20,27H,5-8,11-12,15-16H2,1-4H3,(H,33,39)/t27-/m0/s1. The van der Waals surface area contributed by atoms with Crippen molar-refractivity contribution in [2.75, 3.05) is 14.2 Å². The minimum absolute atomic E-state index is 0.0551. The lowest BCUT2D eigenvalue weighted by atomic mass is 9.95. The van der Waals surface area contributed by atoms with Gasteiger partial charge in [0.05, 0.1) is 36.0 Å². The Morgan fingerprint density at radius 3 is 2.57 bits per heavy atom. The number of hydrogen-bond acceptors (Lipinski definition) is 8. The van der Waals surface area contributed by atoms with Crippen LogP contribution in [0.25, 0.3) is 27.6 Å². The van der Waals surface area contributed by atoms with Gasteiger partial charge in [0.2, 0.25) is 5.91 Å². The zero-order chi connectivity index (χ0) is 29.2. The Labute approximate surface area is 249 Å². The molecule has 1 atom stereocenters. The molecule has 1 amide bonds. The maximum absolute atomic E-state index is 13.4. The molecule has 1 aliphatic carbocycles. The summed E-state index contributed by atoms with van der Waals surface area (Å²) < 4.78 is 15.1. The summed E-state index contributed by atoms with van der Waals surface area (Å²) in [5, 5.41) is 9.34. The number of para-hydroxylation sites is 2. The zero-order valence-corrected chi connectivity index (χ0v) is 25.4. The van der Waals surface area contributed by atoms with E-state index in [1.807, 2.05) is 44.2 Å². The number of nitrogens with one attached hydrogen (secondary N) is 1. The molecule has 0 unspecified atom stereocenters. The quantitative estimate of drug-likeness (QED) is 0.168. The molecule has 1 N–H and O–H groups in total. The molecule has 3 aromatic heterocycles. The summed E-state index contributed by atoms with van der Waals surface area (Å²) in [4.78, 5) is 28.0. The van der Waals surface area contributed by atoms with E-state index in [-0.39, 0.29) is 17.2 Å². The van der Waals surface area contributed by atoms with Crippen LogP contribution in [0.15, 0.2) is 41.6 Å². The summed E-state index contributed by atoms with van der Waals surface area (Å²) in [6, 6.07) is 12.1. The molecule has 0 saturated heterocycles. The minimum atomic E-state index is -0.298. The van der Waals surface area contributed by atoms with Gasteiger partial charge in [0.15, 0.2) is 28.1 Å². The van der Waals surface area contributed by atoms with Gasteiger partial charge in [-0.25, -0.2) is 15.0 Å². The lowest BCUT2D eigenvalue weighted by molar-refractivity contribution is -0.121. The number of methoxy groups -OCH3 is 2. The lowest BCUT2D eigenvalue weighted by Gasteiger charge is -2.25. The maximum atomic E-state index is 13.4. The van der Waals surface area contributed by atoms with Crippen molar-refractivity contribution in [2.24, 2.45) is 0 Å². The van der Waals surface area contributed by atoms with E-state index in [1.54, 1.807) is 18.7 Å². The second kappa shape index (κ2) is 12.2. The zero-order valence-electron chi connectivity index (χ0n) is 24.6. The van der Waals surface area contributed by atoms with Crippen molar-refractivity contribution in [1.29, 1.82) is 0 Å². The van der Waals surface area contributed by atoms with Crippen molar-refractivity contribution in [2.45, 2.75) is 81.8 Å². The maximum Gasteiger partial charge on any atom is 0.233 e. The van der Waals surface area contributed by atoms with E-state index in [0.717, 1.165) is 35.1 Å². The summed E-state index contributed by atoms with van der Waals surface area (Å²) in [5.74, 6) is 2.88. The van der Waals surface area contributed by atoms with Crippen molar-refractivity contribution < 1.29 is 14.3 Å². The Bertz CT molecular complexity index is 1740. The molecule has 0 bridgehead atoms. The first-order valence-electron chi connectivity index (χ1n) is 14.7. The number of benzene rings is 2. The Hall–Kier alpha value is -3.86. The van der Waals surface area contributed by atoms with Crippen LogP contribution in [0.2, 0.25) is 0 Å². The van der Waals surface area contributed by atoms with Gasteiger partial charge in [0.25, 0.3) is 0 Å². The monoisotopic (exact) mass is 587 g/mol. The summed E-state index contributed by atoms with van der Waals surface area (Å²) in [6.45, 7) is 4.75. The normalized spacial score (nSPS) is 15.0. The van der Waals surface area contributed by atoms with Crippen LogP contribution in [0.4, 0.5) is 0 Å². The topological polar surface area (TPSA) is 108 Å². The second-order valence-corrected chi connectivity index (χ2v) is 12.0. The van der Waals surface area contributed by atoms with Crippen molar-refractivity contribution in [3.63, 3.8) is 0 Å². The molecule has 1 saturated carbocycles. The summed E-state index contributed by atoms with van der Waals surface area (Å²) in [5.41, 5.74) is 3.45. The third-order valence-electron chi connectivity index (χ3n) is 8.06. The van der Waals surface area contributed by atoms with Gasteiger partial charge < -0.3 is 19.4 Å². The van der Waals surface area contributed by atoms with Gasteiger partial charge in [0, 0.05) is 30.5 Å². The highest BCUT2D eigenvalue weighted by atomic mass is 32.2. The van der Waals surface area contributed by atoms with E-state index in [9.17, 15) is 4.79 Å². The molecule has 1 fully saturated rings. The van der Waals surface area contributed by atoms with Gasteiger partial charge in [-0.15, -0.1) is 5.10 Å². The van der Waals surface area contributed by atoms with Crippen LogP contribution in [0.5, 0.6) is 11.5 Å². The number of carbonyl (C=O) groups is 1. The Morgan fingerprint density at radius 2 is 1.81 bits per heavy atom. The van der Waals surface area contributed by atoms with E-state index >= 15 is 0 Å². The number of rotatable bonds is 10. The van der Waals surface area contributed by atoms with Crippen LogP contribution in [-0.4, -0.2) is 60.6 Å². The van der Waals surface area contributed by atoms with Crippen LogP contribution in [0, 0.1) is 6.92 Å². The number of fused-ring (bicyclic) bond motifs is 4. The highest BCUT2D eigenvalue weighted by molar-refractivity contribution is 8.00. The van der Waals surface area contributed by atoms with Gasteiger partial charge in [-0.1, -0.05) is 50.1 Å². The number of ether oxygens (including phenoxy) is 2. The fourth-order valence-electron chi connectivity index (χ4n) is 5.82. The van der Waals surface area contributed by atoms with E-state index in [4.69, 9.17) is 29.5 Å². The van der Waals surface area contributed by atoms with Gasteiger partial charge in [-0.2, -0.15) is 4.52 Å². The molecule has 2 aromatic carbocycles. The fraction of sp³-hybridized carbons (Fsp3) is 0.452. The number of nitrogens with zero attached hydrogens (tertiary/aromatic N) is 6. The predicted octanol–water partition coefficient (Wildman–Crippen LogP) is 5.52. The van der Waals surface area contributed by atoms with Crippen LogP contribution in [0.3, 0.4) is 0 Å². The summed E-state index contributed by atoms with van der Waals surface area (Å²) in [6.07, 6.45) is 6.96. The number of aryl methyl sites for hydroxylation is 3. The summed E-state index contributed by atoms with van der Waals surface area (Å²) in [7, 11) is 3.22. The number of thioether (sulfide) groups is 1. The van der Waals surface area contributed by atoms with E-state index in [1.165, 1.54) is 31.0 Å². The average Bonchev–Trinajstić information content (AvgIpc) is 3.59. The number of amides is 1. The Kier molecular flexibility index (Phi) is 8.19. The lowest BCUT2D eigenvalue weighted by Crippen LogP contribution is -2.41. The van der Waals surface area contributed by atoms with Crippen molar-refractivity contribution in [3.05, 3.63) is 48.0 Å². The molecular weight excluding hydrogens is 550 g/mol. The predicted molar refractivity (Wildman–Crippen MR) is 165 cm³/mol. The van der Waals surface area contributed by atoms with E-state index in [2.05, 4.69) is 16.0 Å². The molecule has 11 heteroatoms. The second-order valence-electron chi connectivity index (χ2n) is 10.8. The van der Waals surface area contributed by atoms with Gasteiger partial charge >= 0.3 is 0 Å². The molecule has 3 heterocycles. The van der Waals surface area contributed by atoms with Crippen molar-refractivity contribution in [1.82, 2.24) is 34.4 Å². The SMILES string of the molecule is CC[C@H](Sc1nc2cc(OC)c(OC)cc2c2nc(CCn3c(C)nc4ccccc43)nn12)C(=O)NC1CCCCC1. The molecular formula is C31H37N7O3S. The largest absolute Gasteiger partial charge is 0.493 e. The van der Waals surface area contributed by atoms with Gasteiger partial charge in [0.1, 0.15) is 5.82 Å².